The lowest BCUT2D eigenvalue weighted by molar-refractivity contribution is 0.0413. The van der Waals surface area contributed by atoms with Gasteiger partial charge in [0.25, 0.3) is 0 Å². The lowest BCUT2D eigenvalue weighted by Gasteiger charge is -2.47. The molecule has 0 saturated carbocycles. The number of nitrogens with one attached hydrogen (secondary N) is 1. The molecule has 190 valence electrons. The minimum absolute atomic E-state index is 0.0415. The maximum absolute atomic E-state index is 12.7. The number of piperidine rings is 1. The SMILES string of the molecule is COc1cc2c(cc1OS(C)(=O)=O)CCN1CC(c3ccccc3)C(NC(=O)OC(C)(C)C)CC21. The Balaban J connectivity index is 1.67. The number of fused-ring (bicyclic) bond motifs is 3. The molecule has 0 radical (unpaired) electrons. The normalized spacial score (nSPS) is 22.5. The van der Waals surface area contributed by atoms with Crippen molar-refractivity contribution in [2.45, 2.75) is 57.2 Å². The predicted octanol–water partition coefficient (Wildman–Crippen LogP) is 4.01. The zero-order valence-electron chi connectivity index (χ0n) is 20.9. The van der Waals surface area contributed by atoms with E-state index in [1.807, 2.05) is 45.0 Å². The van der Waals surface area contributed by atoms with Crippen LogP contribution >= 0.6 is 0 Å². The molecule has 0 spiro atoms. The van der Waals surface area contributed by atoms with E-state index >= 15 is 0 Å². The molecule has 9 heteroatoms. The molecule has 4 rings (SSSR count). The van der Waals surface area contributed by atoms with Crippen molar-refractivity contribution in [1.29, 1.82) is 0 Å². The number of amides is 1. The minimum atomic E-state index is -3.69. The quantitative estimate of drug-likeness (QED) is 0.618. The van der Waals surface area contributed by atoms with Gasteiger partial charge in [-0.15, -0.1) is 0 Å². The molecule has 3 unspecified atom stereocenters. The zero-order chi connectivity index (χ0) is 25.4. The molecule has 1 amide bonds. The van der Waals surface area contributed by atoms with E-state index in [0.29, 0.717) is 12.2 Å². The van der Waals surface area contributed by atoms with E-state index < -0.39 is 21.8 Å². The summed E-state index contributed by atoms with van der Waals surface area (Å²) in [6, 6.07) is 13.8. The number of alkyl carbamates (subject to hydrolysis) is 1. The van der Waals surface area contributed by atoms with Crippen molar-refractivity contribution >= 4 is 16.2 Å². The first-order valence-corrected chi connectivity index (χ1v) is 13.6. The summed E-state index contributed by atoms with van der Waals surface area (Å²) in [5.74, 6) is 0.678. The van der Waals surface area contributed by atoms with Crippen LogP contribution < -0.4 is 14.2 Å². The zero-order valence-corrected chi connectivity index (χ0v) is 21.7. The van der Waals surface area contributed by atoms with Gasteiger partial charge in [0.2, 0.25) is 0 Å². The summed E-state index contributed by atoms with van der Waals surface area (Å²) >= 11 is 0. The fourth-order valence-electron chi connectivity index (χ4n) is 5.08. The van der Waals surface area contributed by atoms with Crippen molar-refractivity contribution in [3.63, 3.8) is 0 Å². The standard InChI is InChI=1S/C26H34N2O6S/c1-26(2,3)33-25(29)27-21-15-22-19-14-23(32-4)24(34-35(5,30)31)13-18(19)11-12-28(22)16-20(21)17-9-7-6-8-10-17/h6-10,13-14,20-22H,11-12,15-16H2,1-5H3,(H,27,29). The van der Waals surface area contributed by atoms with Gasteiger partial charge in [0.05, 0.1) is 13.4 Å². The molecule has 1 saturated heterocycles. The van der Waals surface area contributed by atoms with Crippen molar-refractivity contribution in [2.75, 3.05) is 26.5 Å². The average Bonchev–Trinajstić information content (AvgIpc) is 2.76. The van der Waals surface area contributed by atoms with E-state index in [-0.39, 0.29) is 23.8 Å². The molecule has 0 bridgehead atoms. The van der Waals surface area contributed by atoms with E-state index in [4.69, 9.17) is 13.7 Å². The van der Waals surface area contributed by atoms with Crippen LogP contribution in [-0.2, 0) is 21.3 Å². The smallest absolute Gasteiger partial charge is 0.407 e. The lowest BCUT2D eigenvalue weighted by atomic mass is 9.78. The monoisotopic (exact) mass is 502 g/mol. The van der Waals surface area contributed by atoms with Crippen LogP contribution in [0.3, 0.4) is 0 Å². The molecule has 8 nitrogen and oxygen atoms in total. The van der Waals surface area contributed by atoms with Gasteiger partial charge in [0, 0.05) is 31.1 Å². The van der Waals surface area contributed by atoms with Crippen LogP contribution in [0.2, 0.25) is 0 Å². The third-order valence-corrected chi connectivity index (χ3v) is 6.94. The highest BCUT2D eigenvalue weighted by molar-refractivity contribution is 7.86. The van der Waals surface area contributed by atoms with Gasteiger partial charge in [-0.25, -0.2) is 4.79 Å². The van der Waals surface area contributed by atoms with Crippen molar-refractivity contribution in [1.82, 2.24) is 10.2 Å². The predicted molar refractivity (Wildman–Crippen MR) is 133 cm³/mol. The van der Waals surface area contributed by atoms with Crippen LogP contribution in [0.15, 0.2) is 42.5 Å². The third kappa shape index (κ3) is 6.08. The molecule has 35 heavy (non-hydrogen) atoms. The first kappa shape index (κ1) is 25.3. The van der Waals surface area contributed by atoms with Gasteiger partial charge in [-0.05, 0) is 62.4 Å². The number of rotatable bonds is 5. The van der Waals surface area contributed by atoms with Gasteiger partial charge in [0.15, 0.2) is 11.5 Å². The summed E-state index contributed by atoms with van der Waals surface area (Å²) in [6.07, 6.45) is 2.04. The van der Waals surface area contributed by atoms with Gasteiger partial charge in [-0.3, -0.25) is 4.90 Å². The summed E-state index contributed by atoms with van der Waals surface area (Å²) in [4.78, 5) is 15.2. The van der Waals surface area contributed by atoms with Crippen LogP contribution in [0.25, 0.3) is 0 Å². The summed E-state index contributed by atoms with van der Waals surface area (Å²) in [5, 5.41) is 3.14. The molecule has 1 N–H and O–H groups in total. The molecule has 1 fully saturated rings. The first-order chi connectivity index (χ1) is 16.4. The molecule has 2 aliphatic rings. The van der Waals surface area contributed by atoms with Crippen molar-refractivity contribution in [3.8, 4) is 11.5 Å². The molecule has 2 aliphatic heterocycles. The lowest BCUT2D eigenvalue weighted by Crippen LogP contribution is -2.53. The number of benzene rings is 2. The number of methoxy groups -OCH3 is 1. The highest BCUT2D eigenvalue weighted by Gasteiger charge is 2.41. The van der Waals surface area contributed by atoms with Crippen molar-refractivity contribution < 1.29 is 26.9 Å². The number of nitrogens with zero attached hydrogens (tertiary/aromatic N) is 1. The second-order valence-electron chi connectivity index (χ2n) is 10.3. The Morgan fingerprint density at radius 3 is 2.46 bits per heavy atom. The van der Waals surface area contributed by atoms with Crippen LogP contribution in [0, 0.1) is 0 Å². The molecule has 2 heterocycles. The fraction of sp³-hybridized carbons (Fsp3) is 0.500. The Morgan fingerprint density at radius 2 is 1.83 bits per heavy atom. The van der Waals surface area contributed by atoms with Gasteiger partial charge in [-0.2, -0.15) is 8.42 Å². The summed E-state index contributed by atoms with van der Waals surface area (Å²) in [7, 11) is -2.19. The van der Waals surface area contributed by atoms with Crippen molar-refractivity contribution in [3.05, 3.63) is 59.2 Å². The summed E-state index contributed by atoms with van der Waals surface area (Å²) < 4.78 is 39.7. The first-order valence-electron chi connectivity index (χ1n) is 11.8. The maximum atomic E-state index is 12.7. The Labute approximate surface area is 207 Å². The Bertz CT molecular complexity index is 1180. The minimum Gasteiger partial charge on any atom is -0.493 e. The summed E-state index contributed by atoms with van der Waals surface area (Å²) in [6.45, 7) is 7.15. The molecule has 3 atom stereocenters. The fourth-order valence-corrected chi connectivity index (χ4v) is 5.54. The average molecular weight is 503 g/mol. The van der Waals surface area contributed by atoms with E-state index in [2.05, 4.69) is 22.3 Å². The second kappa shape index (κ2) is 9.70. The van der Waals surface area contributed by atoms with Gasteiger partial charge >= 0.3 is 16.2 Å². The van der Waals surface area contributed by atoms with Gasteiger partial charge in [0.1, 0.15) is 5.60 Å². The molecule has 2 aromatic rings. The number of hydrogen-bond donors (Lipinski definition) is 1. The Hall–Kier alpha value is -2.78. The van der Waals surface area contributed by atoms with E-state index in [0.717, 1.165) is 36.9 Å². The van der Waals surface area contributed by atoms with Gasteiger partial charge in [-0.1, -0.05) is 30.3 Å². The number of carbonyl (C=O) groups excluding carboxylic acids is 1. The van der Waals surface area contributed by atoms with E-state index in [1.54, 1.807) is 6.07 Å². The molecular formula is C26H34N2O6S. The van der Waals surface area contributed by atoms with Crippen LogP contribution in [0.1, 0.15) is 55.8 Å². The molecule has 0 aliphatic carbocycles. The Morgan fingerprint density at radius 1 is 1.11 bits per heavy atom. The topological polar surface area (TPSA) is 94.2 Å². The third-order valence-electron chi connectivity index (χ3n) is 6.46. The molecule has 2 aromatic carbocycles. The van der Waals surface area contributed by atoms with Crippen LogP contribution in [0.5, 0.6) is 11.5 Å². The van der Waals surface area contributed by atoms with Crippen LogP contribution in [0.4, 0.5) is 4.79 Å². The summed E-state index contributed by atoms with van der Waals surface area (Å²) in [5.41, 5.74) is 2.68. The Kier molecular flexibility index (Phi) is 7.02. The highest BCUT2D eigenvalue weighted by Crippen LogP contribution is 2.45. The molecule has 0 aromatic heterocycles. The van der Waals surface area contributed by atoms with E-state index in [9.17, 15) is 13.2 Å². The van der Waals surface area contributed by atoms with Crippen molar-refractivity contribution in [2.24, 2.45) is 0 Å². The number of hydrogen-bond acceptors (Lipinski definition) is 7. The maximum Gasteiger partial charge on any atom is 0.407 e. The number of carbonyl (C=O) groups is 1. The second-order valence-corrected chi connectivity index (χ2v) is 11.8. The largest absolute Gasteiger partial charge is 0.493 e. The highest BCUT2D eigenvalue weighted by atomic mass is 32.2. The van der Waals surface area contributed by atoms with Gasteiger partial charge < -0.3 is 19.0 Å². The van der Waals surface area contributed by atoms with E-state index in [1.165, 1.54) is 12.7 Å². The molecular weight excluding hydrogens is 468 g/mol. The number of ether oxygens (including phenoxy) is 2. The van der Waals surface area contributed by atoms with Crippen LogP contribution in [-0.4, -0.2) is 57.5 Å².